The molecular weight excluding hydrogens is 440 g/mol. The molecule has 5 nitrogen and oxygen atoms in total. The number of nitrogens with two attached hydrogens (primary N) is 1. The maximum Gasteiger partial charge on any atom is 0.257 e. The summed E-state index contributed by atoms with van der Waals surface area (Å²) in [4.78, 5) is 17.8. The van der Waals surface area contributed by atoms with Gasteiger partial charge < -0.3 is 15.8 Å². The molecule has 4 N–H and O–H groups in total. The van der Waals surface area contributed by atoms with Gasteiger partial charge in [0.25, 0.3) is 5.91 Å². The van der Waals surface area contributed by atoms with Crippen molar-refractivity contribution in [1.29, 1.82) is 0 Å². The van der Waals surface area contributed by atoms with Crippen molar-refractivity contribution in [2.24, 2.45) is 10.7 Å². The maximum absolute atomic E-state index is 13.3. The summed E-state index contributed by atoms with van der Waals surface area (Å²) in [6.07, 6.45) is 9.23. The first-order valence-corrected chi connectivity index (χ1v) is 11.8. The molecule has 0 spiro atoms. The zero-order valence-electron chi connectivity index (χ0n) is 18.9. The van der Waals surface area contributed by atoms with Crippen LogP contribution in [0.2, 0.25) is 5.02 Å². The van der Waals surface area contributed by atoms with E-state index < -0.39 is 0 Å². The number of benzene rings is 2. The van der Waals surface area contributed by atoms with Crippen LogP contribution >= 0.6 is 23.5 Å². The van der Waals surface area contributed by atoms with E-state index in [9.17, 15) is 4.79 Å². The number of anilines is 2. The van der Waals surface area contributed by atoms with Gasteiger partial charge in [-0.15, -0.1) is 6.42 Å². The Bertz CT molecular complexity index is 1090. The Morgan fingerprint density at radius 1 is 1.28 bits per heavy atom. The normalized spacial score (nSPS) is 11.8. The summed E-state index contributed by atoms with van der Waals surface area (Å²) in [5.41, 5.74) is 11.2. The van der Waals surface area contributed by atoms with Crippen LogP contribution in [-0.2, 0) is 0 Å². The number of carbonyl (C=O) groups is 1. The molecule has 0 aliphatic heterocycles. The van der Waals surface area contributed by atoms with Crippen LogP contribution in [0.1, 0.15) is 62.0 Å². The number of allylic oxidation sites excluding steroid dienone is 1. The van der Waals surface area contributed by atoms with Crippen LogP contribution < -0.4 is 15.8 Å². The summed E-state index contributed by atoms with van der Waals surface area (Å²) < 4.78 is 3.24. The second kappa shape index (κ2) is 12.2. The molecule has 0 saturated heterocycles. The minimum atomic E-state index is -0.369. The van der Waals surface area contributed by atoms with Gasteiger partial charge in [-0.05, 0) is 50.5 Å². The number of rotatable bonds is 9. The van der Waals surface area contributed by atoms with Crippen molar-refractivity contribution in [2.45, 2.75) is 40.5 Å². The van der Waals surface area contributed by atoms with Crippen LogP contribution in [0.3, 0.4) is 0 Å². The third kappa shape index (κ3) is 5.87. The third-order valence-corrected chi connectivity index (χ3v) is 6.14. The summed E-state index contributed by atoms with van der Waals surface area (Å²) in [7, 11) is 0. The van der Waals surface area contributed by atoms with Gasteiger partial charge in [0.1, 0.15) is 0 Å². The number of terminal acetylenes is 1. The number of nitrogens with zero attached hydrogens (tertiary/aromatic N) is 1. The third-order valence-electron chi connectivity index (χ3n) is 4.84. The lowest BCUT2D eigenvalue weighted by Crippen LogP contribution is -2.15. The highest BCUT2D eigenvalue weighted by atomic mass is 35.5. The monoisotopic (exact) mass is 468 g/mol. The predicted molar refractivity (Wildman–Crippen MR) is 141 cm³/mol. The van der Waals surface area contributed by atoms with Gasteiger partial charge in [0, 0.05) is 23.2 Å². The number of nitrogens with one attached hydrogen (secondary N) is 2. The first-order valence-electron chi connectivity index (χ1n) is 10.4. The molecule has 0 heterocycles. The molecule has 0 unspecified atom stereocenters. The second-order valence-corrected chi connectivity index (χ2v) is 8.34. The highest BCUT2D eigenvalue weighted by Gasteiger charge is 2.20. The molecule has 2 rings (SSSR count). The van der Waals surface area contributed by atoms with Crippen LogP contribution in [0.25, 0.3) is 5.70 Å². The molecule has 0 radical (unpaired) electrons. The van der Waals surface area contributed by atoms with Crippen LogP contribution in [0.5, 0.6) is 0 Å². The molecule has 0 bridgehead atoms. The van der Waals surface area contributed by atoms with Gasteiger partial charge in [0.2, 0.25) is 0 Å². The minimum Gasteiger partial charge on any atom is -0.398 e. The van der Waals surface area contributed by atoms with E-state index in [2.05, 4.69) is 27.9 Å². The fourth-order valence-electron chi connectivity index (χ4n) is 2.98. The van der Waals surface area contributed by atoms with E-state index in [0.717, 1.165) is 29.9 Å². The molecule has 32 heavy (non-hydrogen) atoms. The lowest BCUT2D eigenvalue weighted by atomic mass is 10.00. The second-order valence-electron chi connectivity index (χ2n) is 7.03. The molecule has 1 amide bonds. The number of aliphatic imine (C=N–C) groups is 1. The molecule has 0 atom stereocenters. The highest BCUT2D eigenvalue weighted by Crippen LogP contribution is 2.35. The van der Waals surface area contributed by atoms with Crippen LogP contribution in [-0.4, -0.2) is 17.9 Å². The molecule has 0 aliphatic carbocycles. The predicted octanol–water partition coefficient (Wildman–Crippen LogP) is 6.87. The Balaban J connectivity index is 2.52. The number of para-hydroxylation sites is 1. The smallest absolute Gasteiger partial charge is 0.257 e. The molecule has 168 valence electrons. The minimum absolute atomic E-state index is 0.357. The lowest BCUT2D eigenvalue weighted by molar-refractivity contribution is 0.102. The van der Waals surface area contributed by atoms with E-state index in [1.807, 2.05) is 26.0 Å². The Morgan fingerprint density at radius 3 is 2.62 bits per heavy atom. The van der Waals surface area contributed by atoms with E-state index in [4.69, 9.17) is 23.8 Å². The topological polar surface area (TPSA) is 79.5 Å². The largest absolute Gasteiger partial charge is 0.398 e. The van der Waals surface area contributed by atoms with Crippen molar-refractivity contribution < 1.29 is 4.79 Å². The molecule has 0 aliphatic rings. The standard InChI is InChI=1S/C25H29ClN4OS/c1-6-15-32-30-21-14-13-20(26)24(17(21)8-3)29-25(31)19-12-10-11-18(23(19)28-9-4)22(27)16(5)7-2/h3,9-14,30H,6-7,15,27H2,1-2,4-5H3,(H,29,31)/b22-16-,28-9?. The van der Waals surface area contributed by atoms with Crippen molar-refractivity contribution in [3.63, 3.8) is 0 Å². The van der Waals surface area contributed by atoms with Crippen LogP contribution in [0, 0.1) is 12.3 Å². The van der Waals surface area contributed by atoms with Crippen molar-refractivity contribution in [2.75, 3.05) is 15.8 Å². The summed E-state index contributed by atoms with van der Waals surface area (Å²) in [6, 6.07) is 8.88. The molecular formula is C25H29ClN4OS. The van der Waals surface area contributed by atoms with Gasteiger partial charge >= 0.3 is 0 Å². The number of hydrogen-bond acceptors (Lipinski definition) is 5. The average Bonchev–Trinajstić information content (AvgIpc) is 2.80. The molecule has 0 aromatic heterocycles. The van der Waals surface area contributed by atoms with Crippen molar-refractivity contribution in [3.8, 4) is 12.3 Å². The van der Waals surface area contributed by atoms with E-state index in [-0.39, 0.29) is 5.91 Å². The van der Waals surface area contributed by atoms with Gasteiger partial charge in [-0.1, -0.05) is 55.4 Å². The summed E-state index contributed by atoms with van der Waals surface area (Å²) in [5, 5.41) is 3.25. The summed E-state index contributed by atoms with van der Waals surface area (Å²) in [5.74, 6) is 3.20. The van der Waals surface area contributed by atoms with Crippen LogP contribution in [0.4, 0.5) is 17.1 Å². The fourth-order valence-corrected chi connectivity index (χ4v) is 3.82. The molecule has 2 aromatic carbocycles. The van der Waals surface area contributed by atoms with E-state index in [1.165, 1.54) is 0 Å². The summed E-state index contributed by atoms with van der Waals surface area (Å²) in [6.45, 7) is 7.89. The summed E-state index contributed by atoms with van der Waals surface area (Å²) >= 11 is 7.96. The fraction of sp³-hybridized carbons (Fsp3) is 0.280. The number of amides is 1. The molecule has 0 saturated carbocycles. The average molecular weight is 469 g/mol. The molecule has 7 heteroatoms. The van der Waals surface area contributed by atoms with E-state index in [0.29, 0.717) is 38.8 Å². The number of halogens is 1. The van der Waals surface area contributed by atoms with Crippen molar-refractivity contribution >= 4 is 58.4 Å². The Labute approximate surface area is 200 Å². The first-order chi connectivity index (χ1) is 15.4. The van der Waals surface area contributed by atoms with Crippen molar-refractivity contribution in [1.82, 2.24) is 0 Å². The highest BCUT2D eigenvalue weighted by molar-refractivity contribution is 8.00. The Morgan fingerprint density at radius 2 is 2.00 bits per heavy atom. The maximum atomic E-state index is 13.3. The van der Waals surface area contributed by atoms with Crippen LogP contribution in [0.15, 0.2) is 40.9 Å². The van der Waals surface area contributed by atoms with Gasteiger partial charge in [0.05, 0.1) is 33.2 Å². The quantitative estimate of drug-likeness (QED) is 0.162. The molecule has 2 aromatic rings. The zero-order chi connectivity index (χ0) is 23.7. The molecule has 0 fully saturated rings. The van der Waals surface area contributed by atoms with Gasteiger partial charge in [-0.3, -0.25) is 9.79 Å². The Kier molecular flexibility index (Phi) is 9.70. The van der Waals surface area contributed by atoms with Gasteiger partial charge in [-0.25, -0.2) is 0 Å². The first kappa shape index (κ1) is 25.4. The lowest BCUT2D eigenvalue weighted by Gasteiger charge is -2.16. The number of hydrogen-bond donors (Lipinski definition) is 3. The van der Waals surface area contributed by atoms with E-state index >= 15 is 0 Å². The number of carbonyl (C=O) groups excluding carboxylic acids is 1. The Hall–Kier alpha value is -2.88. The van der Waals surface area contributed by atoms with E-state index in [1.54, 1.807) is 43.3 Å². The van der Waals surface area contributed by atoms with Gasteiger partial charge in [-0.2, -0.15) is 0 Å². The zero-order valence-corrected chi connectivity index (χ0v) is 20.5. The van der Waals surface area contributed by atoms with Gasteiger partial charge in [0.15, 0.2) is 0 Å². The van der Waals surface area contributed by atoms with Crippen molar-refractivity contribution in [3.05, 3.63) is 57.6 Å². The SMILES string of the molecule is C#Cc1c(NSCCC)ccc(Cl)c1NC(=O)c1cccc(/C(N)=C(\C)CC)c1N=CC.